The Bertz CT molecular complexity index is 63.2. The maximum atomic E-state index is 9.67. The lowest BCUT2D eigenvalue weighted by atomic mass is 11.4. The van der Waals surface area contributed by atoms with E-state index in [-0.39, 0.29) is 0 Å². The Hall–Kier alpha value is -0.810. The standard InChI is InChI=1S/CH2N2O3/c4-1-5-2-3-6-1/h2-3H. The first-order valence-corrected chi connectivity index (χ1v) is 1.27. The van der Waals surface area contributed by atoms with E-state index in [0.29, 0.717) is 0 Å². The van der Waals surface area contributed by atoms with E-state index in [0.717, 1.165) is 0 Å². The summed E-state index contributed by atoms with van der Waals surface area (Å²) in [7, 11) is 0. The molecule has 0 unspecified atom stereocenters. The van der Waals surface area contributed by atoms with E-state index in [1.807, 2.05) is 11.2 Å². The van der Waals surface area contributed by atoms with Gasteiger partial charge in [0.2, 0.25) is 0 Å². The van der Waals surface area contributed by atoms with Crippen molar-refractivity contribution in [2.24, 2.45) is 0 Å². The number of hydrogen-bond acceptors (Lipinski definition) is 5. The predicted octanol–water partition coefficient (Wildman–Crippen LogP) is -0.923. The first-order chi connectivity index (χ1) is 2.89. The van der Waals surface area contributed by atoms with E-state index in [2.05, 4.69) is 9.68 Å². The molecule has 34 valence electrons. The summed E-state index contributed by atoms with van der Waals surface area (Å²) in [6.07, 6.45) is -0.769. The third kappa shape index (κ3) is 0.399. The molecule has 0 amide bonds. The lowest BCUT2D eigenvalue weighted by Crippen LogP contribution is -2.18. The SMILES string of the molecule is O=C1ONNO1. The molecular weight excluding hydrogens is 88.0 g/mol. The fourth-order valence-corrected chi connectivity index (χ4v) is 0.146. The number of nitrogens with one attached hydrogen (secondary N) is 2. The van der Waals surface area contributed by atoms with Crippen LogP contribution >= 0.6 is 0 Å². The fourth-order valence-electron chi connectivity index (χ4n) is 0.146. The summed E-state index contributed by atoms with van der Waals surface area (Å²) in [4.78, 5) is 17.5. The van der Waals surface area contributed by atoms with Crippen LogP contribution in [0.2, 0.25) is 0 Å². The summed E-state index contributed by atoms with van der Waals surface area (Å²) in [5.74, 6) is 0. The fraction of sp³-hybridized carbons (Fsp3) is 0. The molecule has 0 aliphatic carbocycles. The van der Waals surface area contributed by atoms with E-state index >= 15 is 0 Å². The molecule has 1 aliphatic rings. The molecule has 1 saturated heterocycles. The van der Waals surface area contributed by atoms with Crippen LogP contribution < -0.4 is 11.2 Å². The second-order valence-corrected chi connectivity index (χ2v) is 0.658. The Morgan fingerprint density at radius 2 is 1.83 bits per heavy atom. The van der Waals surface area contributed by atoms with Gasteiger partial charge in [-0.05, 0) is 11.2 Å². The van der Waals surface area contributed by atoms with Gasteiger partial charge >= 0.3 is 6.16 Å². The van der Waals surface area contributed by atoms with Crippen molar-refractivity contribution >= 4 is 6.16 Å². The summed E-state index contributed by atoms with van der Waals surface area (Å²) >= 11 is 0. The number of carbonyl (C=O) groups is 1. The van der Waals surface area contributed by atoms with Crippen LogP contribution in [-0.4, -0.2) is 6.16 Å². The molecule has 5 nitrogen and oxygen atoms in total. The molecule has 5 heteroatoms. The molecule has 0 bridgehead atoms. The average molecular weight is 90.0 g/mol. The first kappa shape index (κ1) is 3.38. The zero-order valence-corrected chi connectivity index (χ0v) is 2.72. The van der Waals surface area contributed by atoms with Crippen molar-refractivity contribution in [3.05, 3.63) is 0 Å². The van der Waals surface area contributed by atoms with Gasteiger partial charge in [-0.1, -0.05) is 0 Å². The Morgan fingerprint density at radius 3 is 2.00 bits per heavy atom. The minimum atomic E-state index is -0.769. The van der Waals surface area contributed by atoms with E-state index < -0.39 is 6.16 Å². The quantitative estimate of drug-likeness (QED) is 0.402. The molecule has 0 spiro atoms. The van der Waals surface area contributed by atoms with Gasteiger partial charge in [0.1, 0.15) is 0 Å². The van der Waals surface area contributed by atoms with Gasteiger partial charge in [-0.15, -0.1) is 0 Å². The molecule has 1 aliphatic heterocycles. The molecule has 2 N–H and O–H groups in total. The van der Waals surface area contributed by atoms with Crippen LogP contribution in [0.3, 0.4) is 0 Å². The molecule has 0 atom stereocenters. The third-order valence-corrected chi connectivity index (χ3v) is 0.310. The maximum absolute atomic E-state index is 9.67. The summed E-state index contributed by atoms with van der Waals surface area (Å²) < 4.78 is 0. The molecule has 0 saturated carbocycles. The van der Waals surface area contributed by atoms with Crippen molar-refractivity contribution in [3.63, 3.8) is 0 Å². The van der Waals surface area contributed by atoms with Gasteiger partial charge in [0.25, 0.3) is 0 Å². The molecule has 1 heterocycles. The van der Waals surface area contributed by atoms with E-state index in [9.17, 15) is 4.79 Å². The highest BCUT2D eigenvalue weighted by atomic mass is 17.0. The Labute approximate surface area is 33.1 Å². The van der Waals surface area contributed by atoms with E-state index in [1.54, 1.807) is 0 Å². The predicted molar refractivity (Wildman–Crippen MR) is 13.8 cm³/mol. The first-order valence-electron chi connectivity index (χ1n) is 1.27. The van der Waals surface area contributed by atoms with Crippen molar-refractivity contribution in [1.29, 1.82) is 0 Å². The summed E-state index contributed by atoms with van der Waals surface area (Å²) in [6.45, 7) is 0. The zero-order valence-electron chi connectivity index (χ0n) is 2.72. The maximum Gasteiger partial charge on any atom is 0.550 e. The highest BCUT2D eigenvalue weighted by molar-refractivity contribution is 5.59. The summed E-state index contributed by atoms with van der Waals surface area (Å²) in [6, 6.07) is 0. The van der Waals surface area contributed by atoms with E-state index in [4.69, 9.17) is 0 Å². The van der Waals surface area contributed by atoms with Crippen LogP contribution in [0.4, 0.5) is 4.79 Å². The molecular formula is CH2N2O3. The van der Waals surface area contributed by atoms with Gasteiger partial charge in [0, 0.05) is 0 Å². The number of hydrazine groups is 1. The van der Waals surface area contributed by atoms with Crippen LogP contribution in [0.1, 0.15) is 0 Å². The summed E-state index contributed by atoms with van der Waals surface area (Å²) in [5, 5.41) is 0. The largest absolute Gasteiger partial charge is 0.550 e. The number of carbonyl (C=O) groups excluding carboxylic acids is 1. The van der Waals surface area contributed by atoms with Gasteiger partial charge in [-0.2, -0.15) is 4.79 Å². The normalized spacial score (nSPS) is 19.7. The van der Waals surface area contributed by atoms with Crippen molar-refractivity contribution in [2.75, 3.05) is 0 Å². The zero-order chi connectivity index (χ0) is 4.41. The van der Waals surface area contributed by atoms with Gasteiger partial charge in [-0.3, -0.25) is 0 Å². The second-order valence-electron chi connectivity index (χ2n) is 0.658. The van der Waals surface area contributed by atoms with Crippen molar-refractivity contribution in [2.45, 2.75) is 0 Å². The van der Waals surface area contributed by atoms with Crippen molar-refractivity contribution in [1.82, 2.24) is 11.2 Å². The number of rotatable bonds is 0. The highest BCUT2D eigenvalue weighted by Crippen LogP contribution is 1.79. The van der Waals surface area contributed by atoms with Crippen molar-refractivity contribution in [3.8, 4) is 0 Å². The average Bonchev–Trinajstić information content (AvgIpc) is 1.86. The monoisotopic (exact) mass is 90.0 g/mol. The third-order valence-electron chi connectivity index (χ3n) is 0.310. The smallest absolute Gasteiger partial charge is 0.319 e. The molecule has 1 fully saturated rings. The highest BCUT2D eigenvalue weighted by Gasteiger charge is 2.09. The van der Waals surface area contributed by atoms with Gasteiger partial charge in [0.05, 0.1) is 0 Å². The van der Waals surface area contributed by atoms with Crippen LogP contribution in [0.5, 0.6) is 0 Å². The lowest BCUT2D eigenvalue weighted by Gasteiger charge is -1.75. The molecule has 0 aromatic carbocycles. The van der Waals surface area contributed by atoms with Gasteiger partial charge < -0.3 is 9.68 Å². The van der Waals surface area contributed by atoms with Crippen LogP contribution in [0.15, 0.2) is 0 Å². The summed E-state index contributed by atoms with van der Waals surface area (Å²) in [5.41, 5.74) is 3.90. The topological polar surface area (TPSA) is 59.6 Å². The van der Waals surface area contributed by atoms with Crippen LogP contribution in [0.25, 0.3) is 0 Å². The van der Waals surface area contributed by atoms with Gasteiger partial charge in [0.15, 0.2) is 0 Å². The van der Waals surface area contributed by atoms with E-state index in [1.165, 1.54) is 0 Å². The minimum Gasteiger partial charge on any atom is -0.319 e. The second kappa shape index (κ2) is 1.11. The van der Waals surface area contributed by atoms with Crippen molar-refractivity contribution < 1.29 is 14.5 Å². The molecule has 6 heavy (non-hydrogen) atoms. The number of hydrogen-bond donors (Lipinski definition) is 2. The lowest BCUT2D eigenvalue weighted by molar-refractivity contribution is 0.113. The Balaban J connectivity index is 2.37. The van der Waals surface area contributed by atoms with Crippen LogP contribution in [0, 0.1) is 0 Å². The Kier molecular flexibility index (Phi) is 0.627. The minimum absolute atomic E-state index is 0.769. The van der Waals surface area contributed by atoms with Crippen LogP contribution in [-0.2, 0) is 9.68 Å². The van der Waals surface area contributed by atoms with Gasteiger partial charge in [-0.25, -0.2) is 0 Å². The Morgan fingerprint density at radius 1 is 1.33 bits per heavy atom. The molecule has 1 rings (SSSR count). The molecule has 0 radical (unpaired) electrons. The molecule has 0 aromatic rings. The molecule has 0 aromatic heterocycles.